The van der Waals surface area contributed by atoms with Gasteiger partial charge in [-0.2, -0.15) is 4.31 Å². The molecule has 0 fully saturated rings. The zero-order valence-corrected chi connectivity index (χ0v) is 18.4. The largest absolute Gasteiger partial charge is 0.506 e. The van der Waals surface area contributed by atoms with Crippen molar-refractivity contribution in [3.8, 4) is 11.5 Å². The molecule has 0 bridgehead atoms. The summed E-state index contributed by atoms with van der Waals surface area (Å²) in [6.45, 7) is 4.03. The van der Waals surface area contributed by atoms with E-state index in [4.69, 9.17) is 9.15 Å². The average molecular weight is 462 g/mol. The predicted molar refractivity (Wildman–Crippen MR) is 116 cm³/mol. The highest BCUT2D eigenvalue weighted by Crippen LogP contribution is 2.28. The Balaban J connectivity index is 1.71. The van der Waals surface area contributed by atoms with Crippen molar-refractivity contribution < 1.29 is 31.9 Å². The number of nitrogens with zero attached hydrogens (tertiary/aromatic N) is 1. The van der Waals surface area contributed by atoms with E-state index in [0.29, 0.717) is 11.5 Å². The average Bonchev–Trinajstić information content (AvgIpc) is 3.24. The van der Waals surface area contributed by atoms with Gasteiger partial charge in [-0.1, -0.05) is 13.8 Å². The van der Waals surface area contributed by atoms with Gasteiger partial charge in [0.05, 0.1) is 10.6 Å². The molecule has 8 nitrogen and oxygen atoms in total. The molecule has 32 heavy (non-hydrogen) atoms. The molecule has 0 radical (unpaired) electrons. The van der Waals surface area contributed by atoms with Crippen LogP contribution in [0.15, 0.2) is 63.9 Å². The maximum atomic E-state index is 12.9. The Bertz CT molecular complexity index is 1190. The van der Waals surface area contributed by atoms with Crippen molar-refractivity contribution in [3.63, 3.8) is 0 Å². The fourth-order valence-electron chi connectivity index (χ4n) is 2.94. The first-order valence-corrected chi connectivity index (χ1v) is 11.3. The number of carbonyl (C=O) groups excluding carboxylic acids is 1. The van der Waals surface area contributed by atoms with Crippen LogP contribution in [0, 0.1) is 5.82 Å². The molecule has 2 aromatic carbocycles. The third-order valence-electron chi connectivity index (χ3n) is 4.64. The van der Waals surface area contributed by atoms with Crippen LogP contribution in [0.3, 0.4) is 0 Å². The Morgan fingerprint density at radius 2 is 1.78 bits per heavy atom. The van der Waals surface area contributed by atoms with Crippen LogP contribution in [0.2, 0.25) is 0 Å². The van der Waals surface area contributed by atoms with Crippen molar-refractivity contribution in [3.05, 3.63) is 71.9 Å². The van der Waals surface area contributed by atoms with Crippen LogP contribution in [-0.4, -0.2) is 36.8 Å². The second-order valence-corrected chi connectivity index (χ2v) is 8.67. The Morgan fingerprint density at radius 3 is 2.44 bits per heavy atom. The molecule has 2 N–H and O–H groups in total. The number of rotatable bonds is 9. The first kappa shape index (κ1) is 23.3. The second-order valence-electron chi connectivity index (χ2n) is 6.73. The Hall–Kier alpha value is -3.37. The van der Waals surface area contributed by atoms with Crippen molar-refractivity contribution in [1.29, 1.82) is 0 Å². The zero-order valence-electron chi connectivity index (χ0n) is 17.5. The third kappa shape index (κ3) is 5.27. The quantitative estimate of drug-likeness (QED) is 0.466. The highest BCUT2D eigenvalue weighted by molar-refractivity contribution is 7.89. The molecular weight excluding hydrogens is 439 g/mol. The van der Waals surface area contributed by atoms with Gasteiger partial charge in [0.25, 0.3) is 5.91 Å². The molecule has 0 aliphatic rings. The summed E-state index contributed by atoms with van der Waals surface area (Å²) >= 11 is 0. The minimum absolute atomic E-state index is 0.0156. The van der Waals surface area contributed by atoms with Crippen LogP contribution >= 0.6 is 0 Å². The van der Waals surface area contributed by atoms with E-state index in [0.717, 1.165) is 0 Å². The number of phenolic OH excluding ortho intramolecular Hbond substituents is 1. The van der Waals surface area contributed by atoms with Crippen LogP contribution in [0.1, 0.15) is 30.2 Å². The molecule has 0 saturated carbocycles. The van der Waals surface area contributed by atoms with Crippen molar-refractivity contribution in [1.82, 2.24) is 4.31 Å². The molecule has 0 saturated heterocycles. The summed E-state index contributed by atoms with van der Waals surface area (Å²) in [6.07, 6.45) is 0. The summed E-state index contributed by atoms with van der Waals surface area (Å²) in [5.41, 5.74) is -0.0660. The molecular formula is C22H23FN2O6S. The highest BCUT2D eigenvalue weighted by Gasteiger charge is 2.23. The number of anilines is 1. The van der Waals surface area contributed by atoms with E-state index in [1.54, 1.807) is 19.9 Å². The minimum Gasteiger partial charge on any atom is -0.506 e. The van der Waals surface area contributed by atoms with Gasteiger partial charge in [-0.25, -0.2) is 12.8 Å². The molecule has 3 rings (SSSR count). The predicted octanol–water partition coefficient (Wildman–Crippen LogP) is 3.99. The molecule has 0 aliphatic heterocycles. The standard InChI is InChI=1S/C22H23FN2O6S/c1-3-25(4-2)32(28,29)18-10-11-20(26)19(13-18)24-22(27)21-12-9-17(31-21)14-30-16-7-5-15(23)6-8-16/h5-13,26H,3-4,14H2,1-2H3,(H,24,27). The molecule has 0 aliphatic carbocycles. The van der Waals surface area contributed by atoms with Crippen molar-refractivity contribution >= 4 is 21.6 Å². The fourth-order valence-corrected chi connectivity index (χ4v) is 4.42. The summed E-state index contributed by atoms with van der Waals surface area (Å²) in [6, 6.07) is 12.1. The summed E-state index contributed by atoms with van der Waals surface area (Å²) in [7, 11) is -3.77. The normalized spacial score (nSPS) is 11.5. The van der Waals surface area contributed by atoms with Gasteiger partial charge in [0.15, 0.2) is 5.76 Å². The number of nitrogens with one attached hydrogen (secondary N) is 1. The van der Waals surface area contributed by atoms with Gasteiger partial charge in [0, 0.05) is 13.1 Å². The SMILES string of the molecule is CCN(CC)S(=O)(=O)c1ccc(O)c(NC(=O)c2ccc(COc3ccc(F)cc3)o2)c1. The molecule has 0 atom stereocenters. The topological polar surface area (TPSA) is 109 Å². The first-order valence-electron chi connectivity index (χ1n) is 9.86. The highest BCUT2D eigenvalue weighted by atomic mass is 32.2. The van der Waals surface area contributed by atoms with Crippen LogP contribution < -0.4 is 10.1 Å². The number of aromatic hydroxyl groups is 1. The second kappa shape index (κ2) is 9.84. The molecule has 170 valence electrons. The number of phenols is 1. The van der Waals surface area contributed by atoms with E-state index in [1.807, 2.05) is 0 Å². The lowest BCUT2D eigenvalue weighted by molar-refractivity contribution is 0.0992. The number of hydrogen-bond acceptors (Lipinski definition) is 6. The third-order valence-corrected chi connectivity index (χ3v) is 6.69. The van der Waals surface area contributed by atoms with E-state index >= 15 is 0 Å². The molecule has 10 heteroatoms. The van der Waals surface area contributed by atoms with Gasteiger partial charge >= 0.3 is 0 Å². The van der Waals surface area contributed by atoms with E-state index in [1.165, 1.54) is 52.8 Å². The maximum absolute atomic E-state index is 12.9. The molecule has 1 heterocycles. The summed E-state index contributed by atoms with van der Waals surface area (Å²) in [5, 5.41) is 12.5. The Labute approximate surface area is 185 Å². The van der Waals surface area contributed by atoms with Gasteiger partial charge in [-0.05, 0) is 54.6 Å². The van der Waals surface area contributed by atoms with Gasteiger partial charge < -0.3 is 19.6 Å². The van der Waals surface area contributed by atoms with Crippen LogP contribution in [-0.2, 0) is 16.6 Å². The molecule has 0 spiro atoms. The Morgan fingerprint density at radius 1 is 1.09 bits per heavy atom. The number of furan rings is 1. The monoisotopic (exact) mass is 462 g/mol. The zero-order chi connectivity index (χ0) is 23.3. The lowest BCUT2D eigenvalue weighted by Gasteiger charge is -2.19. The molecule has 3 aromatic rings. The number of halogens is 1. The summed E-state index contributed by atoms with van der Waals surface area (Å²) < 4.78 is 50.5. The van der Waals surface area contributed by atoms with E-state index in [2.05, 4.69) is 5.32 Å². The molecule has 1 aromatic heterocycles. The van der Waals surface area contributed by atoms with E-state index < -0.39 is 15.9 Å². The van der Waals surface area contributed by atoms with Crippen molar-refractivity contribution in [2.45, 2.75) is 25.3 Å². The van der Waals surface area contributed by atoms with E-state index in [-0.39, 0.29) is 47.6 Å². The number of sulfonamides is 1. The Kier molecular flexibility index (Phi) is 7.16. The number of hydrogen-bond donors (Lipinski definition) is 2. The van der Waals surface area contributed by atoms with Crippen LogP contribution in [0.25, 0.3) is 0 Å². The lowest BCUT2D eigenvalue weighted by Crippen LogP contribution is -2.30. The number of amides is 1. The number of ether oxygens (including phenoxy) is 1. The first-order chi connectivity index (χ1) is 15.2. The number of benzene rings is 2. The van der Waals surface area contributed by atoms with E-state index in [9.17, 15) is 22.7 Å². The minimum atomic E-state index is -3.77. The summed E-state index contributed by atoms with van der Waals surface area (Å²) in [5.74, 6) is -0.619. The fraction of sp³-hybridized carbons (Fsp3) is 0.227. The van der Waals surface area contributed by atoms with Crippen molar-refractivity contribution in [2.24, 2.45) is 0 Å². The van der Waals surface area contributed by atoms with Gasteiger partial charge in [-0.15, -0.1) is 0 Å². The van der Waals surface area contributed by atoms with Crippen LogP contribution in [0.4, 0.5) is 10.1 Å². The maximum Gasteiger partial charge on any atom is 0.291 e. The van der Waals surface area contributed by atoms with Crippen molar-refractivity contribution in [2.75, 3.05) is 18.4 Å². The molecule has 0 unspecified atom stereocenters. The number of carbonyl (C=O) groups is 1. The smallest absolute Gasteiger partial charge is 0.291 e. The van der Waals surface area contributed by atoms with Gasteiger partial charge in [0.2, 0.25) is 10.0 Å². The van der Waals surface area contributed by atoms with Crippen LogP contribution in [0.5, 0.6) is 11.5 Å². The summed E-state index contributed by atoms with van der Waals surface area (Å²) in [4.78, 5) is 12.5. The molecule has 1 amide bonds. The van der Waals surface area contributed by atoms with Gasteiger partial charge in [-0.3, -0.25) is 4.79 Å². The van der Waals surface area contributed by atoms with Gasteiger partial charge in [0.1, 0.15) is 29.7 Å². The lowest BCUT2D eigenvalue weighted by atomic mass is 10.3.